The predicted octanol–water partition coefficient (Wildman–Crippen LogP) is 2.21. The summed E-state index contributed by atoms with van der Waals surface area (Å²) < 4.78 is 14.3. The van der Waals surface area contributed by atoms with Crippen molar-refractivity contribution in [3.05, 3.63) is 35.9 Å². The molecule has 1 heterocycles. The monoisotopic (exact) mass is 351 g/mol. The molecule has 0 saturated carbocycles. The fourth-order valence-electron chi connectivity index (χ4n) is 2.34. The summed E-state index contributed by atoms with van der Waals surface area (Å²) >= 11 is 1.32. The predicted molar refractivity (Wildman–Crippen MR) is 92.0 cm³/mol. The van der Waals surface area contributed by atoms with Crippen molar-refractivity contribution in [3.8, 4) is 0 Å². The first-order valence-corrected chi connectivity index (χ1v) is 8.40. The normalized spacial score (nSPS) is 19.7. The summed E-state index contributed by atoms with van der Waals surface area (Å²) in [5.74, 6) is -0.731. The van der Waals surface area contributed by atoms with Gasteiger partial charge in [-0.2, -0.15) is 0 Å². The standard InChI is InChI=1S/C17H21NO5S/c1-21-15(19)8-9-17(16(20)22-2)12-18-14(24-17)11-23-10-13-6-4-3-5-7-13/h3-7H,8-12H2,1-2H3. The molecule has 6 nitrogen and oxygen atoms in total. The quantitative estimate of drug-likeness (QED) is 0.669. The number of rotatable bonds is 8. The lowest BCUT2D eigenvalue weighted by Gasteiger charge is -2.23. The van der Waals surface area contributed by atoms with Crippen LogP contribution in [-0.2, 0) is 30.4 Å². The van der Waals surface area contributed by atoms with Gasteiger partial charge in [0.15, 0.2) is 0 Å². The van der Waals surface area contributed by atoms with Crippen LogP contribution in [0.2, 0.25) is 0 Å². The number of thioether (sulfide) groups is 1. The van der Waals surface area contributed by atoms with E-state index in [1.165, 1.54) is 26.0 Å². The maximum absolute atomic E-state index is 12.2. The molecule has 0 radical (unpaired) electrons. The van der Waals surface area contributed by atoms with Crippen molar-refractivity contribution in [2.24, 2.45) is 4.99 Å². The summed E-state index contributed by atoms with van der Waals surface area (Å²) in [5, 5.41) is 0.737. The lowest BCUT2D eigenvalue weighted by Crippen LogP contribution is -2.38. The zero-order chi connectivity index (χ0) is 17.4. The largest absolute Gasteiger partial charge is 0.469 e. The van der Waals surface area contributed by atoms with Gasteiger partial charge in [0.05, 0.1) is 39.0 Å². The van der Waals surface area contributed by atoms with Gasteiger partial charge in [-0.3, -0.25) is 14.6 Å². The molecule has 1 atom stereocenters. The first-order chi connectivity index (χ1) is 11.6. The van der Waals surface area contributed by atoms with Crippen molar-refractivity contribution in [2.45, 2.75) is 24.2 Å². The molecule has 1 aromatic rings. The first-order valence-electron chi connectivity index (χ1n) is 7.59. The van der Waals surface area contributed by atoms with Gasteiger partial charge in [-0.25, -0.2) is 0 Å². The van der Waals surface area contributed by atoms with Gasteiger partial charge >= 0.3 is 11.9 Å². The van der Waals surface area contributed by atoms with E-state index in [0.29, 0.717) is 19.6 Å². The van der Waals surface area contributed by atoms with Crippen LogP contribution >= 0.6 is 11.8 Å². The van der Waals surface area contributed by atoms with Gasteiger partial charge < -0.3 is 14.2 Å². The molecule has 0 amide bonds. The molecular formula is C17H21NO5S. The number of esters is 2. The smallest absolute Gasteiger partial charge is 0.324 e. The van der Waals surface area contributed by atoms with Crippen LogP contribution in [0.4, 0.5) is 0 Å². The maximum atomic E-state index is 12.2. The second-order valence-corrected chi connectivity index (χ2v) is 6.81. The molecule has 1 aliphatic rings. The van der Waals surface area contributed by atoms with Crippen LogP contribution in [0, 0.1) is 0 Å². The van der Waals surface area contributed by atoms with Crippen molar-refractivity contribution >= 4 is 28.7 Å². The highest BCUT2D eigenvalue weighted by Crippen LogP contribution is 2.38. The summed E-state index contributed by atoms with van der Waals surface area (Å²) in [4.78, 5) is 27.9. The molecule has 0 aromatic heterocycles. The number of benzene rings is 1. The highest BCUT2D eigenvalue weighted by atomic mass is 32.2. The Morgan fingerprint density at radius 3 is 2.58 bits per heavy atom. The van der Waals surface area contributed by atoms with Crippen molar-refractivity contribution in [1.82, 2.24) is 0 Å². The molecular weight excluding hydrogens is 330 g/mol. The molecule has 7 heteroatoms. The number of carbonyl (C=O) groups is 2. The number of hydrogen-bond donors (Lipinski definition) is 0. The van der Waals surface area contributed by atoms with E-state index in [0.717, 1.165) is 10.6 Å². The maximum Gasteiger partial charge on any atom is 0.324 e. The third kappa shape index (κ3) is 4.82. The Bertz CT molecular complexity index is 604. The van der Waals surface area contributed by atoms with Crippen molar-refractivity contribution in [1.29, 1.82) is 0 Å². The second-order valence-electron chi connectivity index (χ2n) is 5.35. The number of methoxy groups -OCH3 is 2. The number of hydrogen-bond acceptors (Lipinski definition) is 7. The van der Waals surface area contributed by atoms with Gasteiger partial charge in [-0.1, -0.05) is 42.1 Å². The van der Waals surface area contributed by atoms with Gasteiger partial charge in [0.1, 0.15) is 4.75 Å². The summed E-state index contributed by atoms with van der Waals surface area (Å²) in [7, 11) is 2.67. The third-order valence-corrected chi connectivity index (χ3v) is 5.05. The average Bonchev–Trinajstić information content (AvgIpc) is 3.04. The topological polar surface area (TPSA) is 74.2 Å². The zero-order valence-corrected chi connectivity index (χ0v) is 14.6. The molecule has 1 aromatic carbocycles. The van der Waals surface area contributed by atoms with E-state index in [1.807, 2.05) is 30.3 Å². The van der Waals surface area contributed by atoms with Crippen LogP contribution in [0.3, 0.4) is 0 Å². The van der Waals surface area contributed by atoms with E-state index in [2.05, 4.69) is 9.73 Å². The Labute approximate surface area is 145 Å². The molecule has 0 bridgehead atoms. The average molecular weight is 351 g/mol. The van der Waals surface area contributed by atoms with Crippen molar-refractivity contribution in [2.75, 3.05) is 27.4 Å². The Kier molecular flexibility index (Phi) is 6.81. The lowest BCUT2D eigenvalue weighted by molar-refractivity contribution is -0.144. The van der Waals surface area contributed by atoms with E-state index >= 15 is 0 Å². The van der Waals surface area contributed by atoms with Crippen molar-refractivity contribution < 1.29 is 23.8 Å². The molecule has 2 rings (SSSR count). The van der Waals surface area contributed by atoms with Crippen LogP contribution in [0.1, 0.15) is 18.4 Å². The first kappa shape index (κ1) is 18.5. The molecule has 24 heavy (non-hydrogen) atoms. The van der Waals surface area contributed by atoms with Gasteiger partial charge in [0.2, 0.25) is 0 Å². The van der Waals surface area contributed by atoms with Crippen LogP contribution in [-0.4, -0.2) is 49.1 Å². The fourth-order valence-corrected chi connectivity index (χ4v) is 3.56. The van der Waals surface area contributed by atoms with Gasteiger partial charge in [-0.05, 0) is 12.0 Å². The number of ether oxygens (including phenoxy) is 3. The van der Waals surface area contributed by atoms with Crippen LogP contribution in [0.15, 0.2) is 35.3 Å². The molecule has 0 N–H and O–H groups in total. The molecule has 0 aliphatic carbocycles. The Morgan fingerprint density at radius 2 is 1.92 bits per heavy atom. The Balaban J connectivity index is 1.88. The molecule has 0 saturated heterocycles. The molecule has 0 fully saturated rings. The minimum Gasteiger partial charge on any atom is -0.469 e. The third-order valence-electron chi connectivity index (χ3n) is 3.68. The number of carbonyl (C=O) groups excluding carboxylic acids is 2. The number of aliphatic imine (C=N–C) groups is 1. The van der Waals surface area contributed by atoms with Crippen LogP contribution in [0.25, 0.3) is 0 Å². The minimum atomic E-state index is -0.867. The van der Waals surface area contributed by atoms with E-state index < -0.39 is 4.75 Å². The van der Waals surface area contributed by atoms with Gasteiger partial charge in [0.25, 0.3) is 0 Å². The van der Waals surface area contributed by atoms with Gasteiger partial charge in [-0.15, -0.1) is 0 Å². The molecule has 0 spiro atoms. The zero-order valence-electron chi connectivity index (χ0n) is 13.8. The Hall–Kier alpha value is -1.86. The Morgan fingerprint density at radius 1 is 1.17 bits per heavy atom. The molecule has 1 aliphatic heterocycles. The highest BCUT2D eigenvalue weighted by Gasteiger charge is 2.45. The van der Waals surface area contributed by atoms with E-state index in [9.17, 15) is 9.59 Å². The van der Waals surface area contributed by atoms with Crippen LogP contribution < -0.4 is 0 Å². The van der Waals surface area contributed by atoms with Gasteiger partial charge in [0, 0.05) is 6.42 Å². The van der Waals surface area contributed by atoms with Crippen LogP contribution in [0.5, 0.6) is 0 Å². The molecule has 1 unspecified atom stereocenters. The van der Waals surface area contributed by atoms with Crippen molar-refractivity contribution in [3.63, 3.8) is 0 Å². The fraction of sp³-hybridized carbons (Fsp3) is 0.471. The summed E-state index contributed by atoms with van der Waals surface area (Å²) in [5.41, 5.74) is 1.08. The van der Waals surface area contributed by atoms with E-state index in [1.54, 1.807) is 0 Å². The SMILES string of the molecule is COC(=O)CCC1(C(=O)OC)CN=C(COCc2ccccc2)S1. The highest BCUT2D eigenvalue weighted by molar-refractivity contribution is 8.16. The second kappa shape index (κ2) is 8.84. The molecule has 130 valence electrons. The summed E-state index contributed by atoms with van der Waals surface area (Å²) in [6.07, 6.45) is 0.467. The summed E-state index contributed by atoms with van der Waals surface area (Å²) in [6, 6.07) is 9.83. The number of nitrogens with zero attached hydrogens (tertiary/aromatic N) is 1. The minimum absolute atomic E-state index is 0.145. The summed E-state index contributed by atoms with van der Waals surface area (Å²) in [6.45, 7) is 1.09. The lowest BCUT2D eigenvalue weighted by atomic mass is 10.0. The van der Waals surface area contributed by atoms with E-state index in [4.69, 9.17) is 9.47 Å². The van der Waals surface area contributed by atoms with E-state index in [-0.39, 0.29) is 24.9 Å².